The number of piperidine rings is 1. The van der Waals surface area contributed by atoms with E-state index >= 15 is 0 Å². The van der Waals surface area contributed by atoms with Crippen LogP contribution in [0.25, 0.3) is 0 Å². The van der Waals surface area contributed by atoms with E-state index in [1.807, 2.05) is 0 Å². The summed E-state index contributed by atoms with van der Waals surface area (Å²) in [5.41, 5.74) is 0. The van der Waals surface area contributed by atoms with Gasteiger partial charge in [-0.2, -0.15) is 0 Å². The molecule has 0 aromatic carbocycles. The van der Waals surface area contributed by atoms with Gasteiger partial charge in [0.25, 0.3) is 0 Å². The molecule has 0 aliphatic carbocycles. The van der Waals surface area contributed by atoms with Crippen LogP contribution in [0.1, 0.15) is 47.0 Å². The minimum absolute atomic E-state index is 0.253. The van der Waals surface area contributed by atoms with Crippen LogP contribution in [0.15, 0.2) is 0 Å². The van der Waals surface area contributed by atoms with Gasteiger partial charge < -0.3 is 10.2 Å². The van der Waals surface area contributed by atoms with Gasteiger partial charge in [0.1, 0.15) is 0 Å². The lowest BCUT2D eigenvalue weighted by molar-refractivity contribution is -0.136. The maximum absolute atomic E-state index is 12.0. The first-order valence-electron chi connectivity index (χ1n) is 6.07. The highest BCUT2D eigenvalue weighted by Crippen LogP contribution is 2.22. The molecule has 0 aromatic heterocycles. The molecule has 2 atom stereocenters. The van der Waals surface area contributed by atoms with Crippen LogP contribution in [0.3, 0.4) is 0 Å². The van der Waals surface area contributed by atoms with Crippen LogP contribution >= 0.6 is 0 Å². The smallest absolute Gasteiger partial charge is 0.237 e. The summed E-state index contributed by atoms with van der Waals surface area (Å²) in [6.07, 6.45) is 3.55. The van der Waals surface area contributed by atoms with Crippen molar-refractivity contribution in [2.75, 3.05) is 6.54 Å². The summed E-state index contributed by atoms with van der Waals surface area (Å²) in [7, 11) is 0. The summed E-state index contributed by atoms with van der Waals surface area (Å²) in [6.45, 7) is 8.92. The fourth-order valence-corrected chi connectivity index (χ4v) is 2.30. The van der Waals surface area contributed by atoms with Crippen molar-refractivity contribution in [2.45, 2.75) is 65.1 Å². The average Bonchev–Trinajstić information content (AvgIpc) is 2.14. The highest BCUT2D eigenvalue weighted by molar-refractivity contribution is 5.79. The van der Waals surface area contributed by atoms with Crippen molar-refractivity contribution in [1.29, 1.82) is 0 Å². The quantitative estimate of drug-likeness (QED) is 0.773. The molecular formula is C12H24N2O. The van der Waals surface area contributed by atoms with Crippen molar-refractivity contribution in [3.8, 4) is 0 Å². The molecule has 1 fully saturated rings. The van der Waals surface area contributed by atoms with Gasteiger partial charge in [0.15, 0.2) is 0 Å². The molecule has 1 amide bonds. The second-order valence-electron chi connectivity index (χ2n) is 4.97. The van der Waals surface area contributed by atoms with Gasteiger partial charge in [-0.3, -0.25) is 4.79 Å². The Morgan fingerprint density at radius 1 is 1.33 bits per heavy atom. The first-order chi connectivity index (χ1) is 7.02. The Balaban J connectivity index is 2.48. The highest BCUT2D eigenvalue weighted by atomic mass is 16.2. The molecular weight excluding hydrogens is 188 g/mol. The molecule has 0 bridgehead atoms. The van der Waals surface area contributed by atoms with E-state index in [1.54, 1.807) is 0 Å². The number of rotatable bonds is 3. The SMILES string of the molecule is CC(C)NCC(=O)N1[C@H](C)CCC[C@@H]1C. The molecule has 3 heteroatoms. The number of carbonyl (C=O) groups excluding carboxylic acids is 1. The molecule has 0 spiro atoms. The molecule has 1 N–H and O–H groups in total. The zero-order chi connectivity index (χ0) is 11.4. The number of nitrogens with zero attached hydrogens (tertiary/aromatic N) is 1. The first kappa shape index (κ1) is 12.5. The summed E-state index contributed by atoms with van der Waals surface area (Å²) < 4.78 is 0. The number of nitrogens with one attached hydrogen (secondary N) is 1. The zero-order valence-corrected chi connectivity index (χ0v) is 10.4. The van der Waals surface area contributed by atoms with Crippen molar-refractivity contribution < 1.29 is 4.79 Å². The Hall–Kier alpha value is -0.570. The zero-order valence-electron chi connectivity index (χ0n) is 10.4. The summed E-state index contributed by atoms with van der Waals surface area (Å²) in [5.74, 6) is 0.253. The molecule has 1 aliphatic rings. The van der Waals surface area contributed by atoms with E-state index < -0.39 is 0 Å². The number of likely N-dealkylation sites (tertiary alicyclic amines) is 1. The largest absolute Gasteiger partial charge is 0.336 e. The summed E-state index contributed by atoms with van der Waals surface area (Å²) in [6, 6.07) is 1.20. The van der Waals surface area contributed by atoms with Crippen molar-refractivity contribution in [1.82, 2.24) is 10.2 Å². The Morgan fingerprint density at radius 2 is 1.87 bits per heavy atom. The topological polar surface area (TPSA) is 32.3 Å². The monoisotopic (exact) mass is 212 g/mol. The molecule has 1 heterocycles. The van der Waals surface area contributed by atoms with Crippen molar-refractivity contribution in [3.63, 3.8) is 0 Å². The molecule has 88 valence electrons. The second-order valence-corrected chi connectivity index (χ2v) is 4.97. The molecule has 0 radical (unpaired) electrons. The van der Waals surface area contributed by atoms with Crippen molar-refractivity contribution in [3.05, 3.63) is 0 Å². The molecule has 15 heavy (non-hydrogen) atoms. The van der Waals surface area contributed by atoms with Crippen LogP contribution in [-0.4, -0.2) is 35.5 Å². The maximum Gasteiger partial charge on any atom is 0.237 e. The maximum atomic E-state index is 12.0. The van der Waals surface area contributed by atoms with Crippen LogP contribution in [0.2, 0.25) is 0 Å². The third-order valence-electron chi connectivity index (χ3n) is 3.14. The summed E-state index contributed by atoms with van der Waals surface area (Å²) >= 11 is 0. The van der Waals surface area contributed by atoms with Crippen LogP contribution in [-0.2, 0) is 4.79 Å². The third-order valence-corrected chi connectivity index (χ3v) is 3.14. The molecule has 0 unspecified atom stereocenters. The lowest BCUT2D eigenvalue weighted by Crippen LogP contribution is -2.51. The molecule has 3 nitrogen and oxygen atoms in total. The predicted octanol–water partition coefficient (Wildman–Crippen LogP) is 1.77. The molecule has 0 saturated carbocycles. The van der Waals surface area contributed by atoms with Gasteiger partial charge in [-0.15, -0.1) is 0 Å². The normalized spacial score (nSPS) is 27.1. The van der Waals surface area contributed by atoms with E-state index in [2.05, 4.69) is 37.9 Å². The fourth-order valence-electron chi connectivity index (χ4n) is 2.30. The third kappa shape index (κ3) is 3.49. The van der Waals surface area contributed by atoms with Crippen molar-refractivity contribution >= 4 is 5.91 Å². The minimum Gasteiger partial charge on any atom is -0.336 e. The molecule has 1 aliphatic heterocycles. The lowest BCUT2D eigenvalue weighted by Gasteiger charge is -2.39. The van der Waals surface area contributed by atoms with Gasteiger partial charge in [-0.05, 0) is 33.1 Å². The van der Waals surface area contributed by atoms with E-state index in [0.717, 1.165) is 12.8 Å². The Bertz CT molecular complexity index is 206. The fraction of sp³-hybridized carbons (Fsp3) is 0.917. The van der Waals surface area contributed by atoms with Gasteiger partial charge in [0.2, 0.25) is 5.91 Å². The Labute approximate surface area is 93.2 Å². The molecule has 1 saturated heterocycles. The first-order valence-corrected chi connectivity index (χ1v) is 6.07. The number of carbonyl (C=O) groups is 1. The van der Waals surface area contributed by atoms with Crippen LogP contribution in [0.4, 0.5) is 0 Å². The number of hydrogen-bond acceptors (Lipinski definition) is 2. The van der Waals surface area contributed by atoms with Gasteiger partial charge in [0, 0.05) is 18.1 Å². The van der Waals surface area contributed by atoms with Gasteiger partial charge in [-0.1, -0.05) is 13.8 Å². The van der Waals surface area contributed by atoms with Gasteiger partial charge in [0.05, 0.1) is 6.54 Å². The van der Waals surface area contributed by atoms with Crippen LogP contribution < -0.4 is 5.32 Å². The van der Waals surface area contributed by atoms with Crippen LogP contribution in [0.5, 0.6) is 0 Å². The van der Waals surface area contributed by atoms with E-state index in [0.29, 0.717) is 24.7 Å². The van der Waals surface area contributed by atoms with E-state index in [1.165, 1.54) is 6.42 Å². The van der Waals surface area contributed by atoms with E-state index in [9.17, 15) is 4.79 Å². The second kappa shape index (κ2) is 5.50. The van der Waals surface area contributed by atoms with E-state index in [-0.39, 0.29) is 5.91 Å². The molecule has 0 aromatic rings. The lowest BCUT2D eigenvalue weighted by atomic mass is 9.97. The molecule has 1 rings (SSSR count). The average molecular weight is 212 g/mol. The number of amides is 1. The van der Waals surface area contributed by atoms with E-state index in [4.69, 9.17) is 0 Å². The predicted molar refractivity (Wildman–Crippen MR) is 62.8 cm³/mol. The summed E-state index contributed by atoms with van der Waals surface area (Å²) in [4.78, 5) is 14.0. The standard InChI is InChI=1S/C12H24N2O/c1-9(2)13-8-12(15)14-10(3)6-5-7-11(14)4/h9-11,13H,5-8H2,1-4H3/t10-,11+. The highest BCUT2D eigenvalue weighted by Gasteiger charge is 2.28. The van der Waals surface area contributed by atoms with Gasteiger partial charge in [-0.25, -0.2) is 0 Å². The minimum atomic E-state index is 0.253. The Kier molecular flexibility index (Phi) is 4.58. The Morgan fingerprint density at radius 3 is 2.33 bits per heavy atom. The van der Waals surface area contributed by atoms with Crippen LogP contribution in [0, 0.1) is 0 Å². The number of hydrogen-bond donors (Lipinski definition) is 1. The van der Waals surface area contributed by atoms with Gasteiger partial charge >= 0.3 is 0 Å². The van der Waals surface area contributed by atoms with Crippen molar-refractivity contribution in [2.24, 2.45) is 0 Å². The summed E-state index contributed by atoms with van der Waals surface area (Å²) in [5, 5.41) is 3.19.